The normalized spacial score (nSPS) is 16.5. The van der Waals surface area contributed by atoms with Gasteiger partial charge in [-0.15, -0.1) is 0 Å². The second kappa shape index (κ2) is 3.86. The average molecular weight is 208 g/mol. The third-order valence-electron chi connectivity index (χ3n) is 2.51. The summed E-state index contributed by atoms with van der Waals surface area (Å²) in [5.41, 5.74) is 6.26. The molecule has 1 saturated heterocycles. The third-order valence-corrected chi connectivity index (χ3v) is 2.51. The Balaban J connectivity index is 2.14. The minimum Gasteiger partial charge on any atom is -0.468 e. The topological polar surface area (TPSA) is 76.5 Å². The zero-order valence-electron chi connectivity index (χ0n) is 8.23. The molecule has 5 heteroatoms. The third kappa shape index (κ3) is 1.78. The fourth-order valence-corrected chi connectivity index (χ4v) is 1.66. The predicted molar refractivity (Wildman–Crippen MR) is 51.4 cm³/mol. The standard InChI is InChI=1S/C10H12N2O3/c11-5-8-7(3-4-15-8)6-12-9(13)1-2-10(12)14/h3-4H,1-2,5-6,11H2. The predicted octanol–water partition coefficient (Wildman–Crippen LogP) is 0.387. The van der Waals surface area contributed by atoms with E-state index in [0.717, 1.165) is 5.56 Å². The summed E-state index contributed by atoms with van der Waals surface area (Å²) in [6, 6.07) is 1.74. The molecule has 1 aromatic heterocycles. The average Bonchev–Trinajstić information content (AvgIpc) is 2.79. The quantitative estimate of drug-likeness (QED) is 0.729. The van der Waals surface area contributed by atoms with Crippen LogP contribution in [0.4, 0.5) is 0 Å². The number of hydrogen-bond acceptors (Lipinski definition) is 4. The number of rotatable bonds is 3. The van der Waals surface area contributed by atoms with Crippen LogP contribution in [-0.2, 0) is 22.7 Å². The van der Waals surface area contributed by atoms with E-state index in [1.807, 2.05) is 0 Å². The Morgan fingerprint density at radius 1 is 1.33 bits per heavy atom. The molecule has 5 nitrogen and oxygen atoms in total. The number of carbonyl (C=O) groups is 2. The van der Waals surface area contributed by atoms with Gasteiger partial charge < -0.3 is 10.2 Å². The number of carbonyl (C=O) groups excluding carboxylic acids is 2. The molecule has 80 valence electrons. The number of likely N-dealkylation sites (tertiary alicyclic amines) is 1. The molecule has 0 bridgehead atoms. The van der Waals surface area contributed by atoms with E-state index in [4.69, 9.17) is 10.2 Å². The van der Waals surface area contributed by atoms with Crippen molar-refractivity contribution in [3.05, 3.63) is 23.7 Å². The Morgan fingerprint density at radius 3 is 2.60 bits per heavy atom. The van der Waals surface area contributed by atoms with Gasteiger partial charge in [0.2, 0.25) is 11.8 Å². The molecule has 0 saturated carbocycles. The molecule has 0 radical (unpaired) electrons. The van der Waals surface area contributed by atoms with Gasteiger partial charge in [-0.25, -0.2) is 0 Å². The van der Waals surface area contributed by atoms with Crippen molar-refractivity contribution < 1.29 is 14.0 Å². The Bertz CT molecular complexity index is 381. The zero-order valence-corrected chi connectivity index (χ0v) is 8.23. The van der Waals surface area contributed by atoms with E-state index in [0.29, 0.717) is 18.6 Å². The molecule has 1 aliphatic heterocycles. The number of nitrogens with zero attached hydrogens (tertiary/aromatic N) is 1. The summed E-state index contributed by atoms with van der Waals surface area (Å²) >= 11 is 0. The van der Waals surface area contributed by atoms with Gasteiger partial charge in [0.15, 0.2) is 0 Å². The van der Waals surface area contributed by atoms with E-state index in [2.05, 4.69) is 0 Å². The highest BCUT2D eigenvalue weighted by molar-refractivity contribution is 6.01. The number of hydrogen-bond donors (Lipinski definition) is 1. The Kier molecular flexibility index (Phi) is 2.55. The smallest absolute Gasteiger partial charge is 0.229 e. The first-order chi connectivity index (χ1) is 7.22. The van der Waals surface area contributed by atoms with Crippen LogP contribution in [0.25, 0.3) is 0 Å². The van der Waals surface area contributed by atoms with Gasteiger partial charge in [0, 0.05) is 18.4 Å². The van der Waals surface area contributed by atoms with E-state index < -0.39 is 0 Å². The molecule has 1 aliphatic rings. The van der Waals surface area contributed by atoms with Gasteiger partial charge in [-0.05, 0) is 6.07 Å². The van der Waals surface area contributed by atoms with Crippen molar-refractivity contribution in [2.75, 3.05) is 0 Å². The fraction of sp³-hybridized carbons (Fsp3) is 0.400. The van der Waals surface area contributed by atoms with E-state index in [9.17, 15) is 9.59 Å². The summed E-state index contributed by atoms with van der Waals surface area (Å²) in [5.74, 6) is 0.385. The lowest BCUT2D eigenvalue weighted by atomic mass is 10.2. The molecule has 1 fully saturated rings. The van der Waals surface area contributed by atoms with Crippen LogP contribution in [0.3, 0.4) is 0 Å². The van der Waals surface area contributed by atoms with Crippen LogP contribution in [0.2, 0.25) is 0 Å². The molecular weight excluding hydrogens is 196 g/mol. The summed E-state index contributed by atoms with van der Waals surface area (Å²) < 4.78 is 5.12. The van der Waals surface area contributed by atoms with Crippen LogP contribution in [-0.4, -0.2) is 16.7 Å². The number of imide groups is 1. The molecule has 2 N–H and O–H groups in total. The fourth-order valence-electron chi connectivity index (χ4n) is 1.66. The van der Waals surface area contributed by atoms with Crippen molar-refractivity contribution in [2.45, 2.75) is 25.9 Å². The summed E-state index contributed by atoms with van der Waals surface area (Å²) in [6.45, 7) is 0.555. The molecule has 0 aliphatic carbocycles. The van der Waals surface area contributed by atoms with Crippen LogP contribution < -0.4 is 5.73 Å². The molecule has 0 atom stereocenters. The second-order valence-corrected chi connectivity index (χ2v) is 3.45. The number of nitrogens with two attached hydrogens (primary N) is 1. The molecular formula is C10H12N2O3. The van der Waals surface area contributed by atoms with Gasteiger partial charge in [-0.2, -0.15) is 0 Å². The van der Waals surface area contributed by atoms with Gasteiger partial charge in [0.1, 0.15) is 5.76 Å². The van der Waals surface area contributed by atoms with Crippen molar-refractivity contribution in [3.8, 4) is 0 Å². The van der Waals surface area contributed by atoms with Crippen molar-refractivity contribution >= 4 is 11.8 Å². The van der Waals surface area contributed by atoms with Crippen molar-refractivity contribution in [3.63, 3.8) is 0 Å². The highest BCUT2D eigenvalue weighted by Crippen LogP contribution is 2.18. The maximum Gasteiger partial charge on any atom is 0.229 e. The summed E-state index contributed by atoms with van der Waals surface area (Å²) in [5, 5.41) is 0. The van der Waals surface area contributed by atoms with Crippen molar-refractivity contribution in [1.82, 2.24) is 4.90 Å². The highest BCUT2D eigenvalue weighted by Gasteiger charge is 2.29. The van der Waals surface area contributed by atoms with Crippen molar-refractivity contribution in [2.24, 2.45) is 5.73 Å². The molecule has 2 rings (SSSR count). The van der Waals surface area contributed by atoms with Crippen LogP contribution in [0.15, 0.2) is 16.7 Å². The van der Waals surface area contributed by atoms with E-state index in [-0.39, 0.29) is 24.9 Å². The minimum atomic E-state index is -0.121. The number of furan rings is 1. The van der Waals surface area contributed by atoms with Crippen LogP contribution in [0.1, 0.15) is 24.2 Å². The van der Waals surface area contributed by atoms with Crippen LogP contribution in [0, 0.1) is 0 Å². The Labute approximate surface area is 86.8 Å². The summed E-state index contributed by atoms with van der Waals surface area (Å²) in [4.78, 5) is 24.0. The Hall–Kier alpha value is -1.62. The highest BCUT2D eigenvalue weighted by atomic mass is 16.3. The van der Waals surface area contributed by atoms with Crippen LogP contribution >= 0.6 is 0 Å². The second-order valence-electron chi connectivity index (χ2n) is 3.45. The summed E-state index contributed by atoms with van der Waals surface area (Å²) in [6.07, 6.45) is 2.14. The first-order valence-electron chi connectivity index (χ1n) is 4.81. The molecule has 0 spiro atoms. The molecule has 2 heterocycles. The minimum absolute atomic E-state index is 0.121. The molecule has 15 heavy (non-hydrogen) atoms. The van der Waals surface area contributed by atoms with E-state index >= 15 is 0 Å². The SMILES string of the molecule is NCc1occc1CN1C(=O)CCC1=O. The van der Waals surface area contributed by atoms with E-state index in [1.54, 1.807) is 6.07 Å². The van der Waals surface area contributed by atoms with Gasteiger partial charge in [-0.1, -0.05) is 0 Å². The van der Waals surface area contributed by atoms with Gasteiger partial charge >= 0.3 is 0 Å². The van der Waals surface area contributed by atoms with Gasteiger partial charge in [0.05, 0.1) is 19.4 Å². The van der Waals surface area contributed by atoms with Gasteiger partial charge in [0.25, 0.3) is 0 Å². The first kappa shape index (κ1) is 9.92. The van der Waals surface area contributed by atoms with Gasteiger partial charge in [-0.3, -0.25) is 14.5 Å². The first-order valence-corrected chi connectivity index (χ1v) is 4.81. The number of amides is 2. The molecule has 0 unspecified atom stereocenters. The summed E-state index contributed by atoms with van der Waals surface area (Å²) in [7, 11) is 0. The molecule has 0 aromatic carbocycles. The molecule has 1 aromatic rings. The van der Waals surface area contributed by atoms with E-state index in [1.165, 1.54) is 11.2 Å². The van der Waals surface area contributed by atoms with Crippen LogP contribution in [0.5, 0.6) is 0 Å². The Morgan fingerprint density at radius 2 is 2.00 bits per heavy atom. The molecule has 2 amide bonds. The lowest BCUT2D eigenvalue weighted by molar-refractivity contribution is -0.139. The largest absolute Gasteiger partial charge is 0.468 e. The maximum atomic E-state index is 11.4. The zero-order chi connectivity index (χ0) is 10.8. The maximum absolute atomic E-state index is 11.4. The monoisotopic (exact) mass is 208 g/mol. The van der Waals surface area contributed by atoms with Crippen molar-refractivity contribution in [1.29, 1.82) is 0 Å². The lowest BCUT2D eigenvalue weighted by Gasteiger charge is -2.12. The lowest BCUT2D eigenvalue weighted by Crippen LogP contribution is -2.28.